The summed E-state index contributed by atoms with van der Waals surface area (Å²) in [6.07, 6.45) is 5.31. The van der Waals surface area contributed by atoms with Gasteiger partial charge in [0.05, 0.1) is 9.95 Å². The van der Waals surface area contributed by atoms with Gasteiger partial charge < -0.3 is 5.11 Å². The number of aromatic hydroxyl groups is 1. The molecule has 0 amide bonds. The zero-order valence-corrected chi connectivity index (χ0v) is 15.3. The first-order valence-electron chi connectivity index (χ1n) is 6.97. The lowest BCUT2D eigenvalue weighted by molar-refractivity contribution is 0.423. The maximum atomic E-state index is 10.7. The van der Waals surface area contributed by atoms with Crippen molar-refractivity contribution in [2.75, 3.05) is 5.75 Å². The van der Waals surface area contributed by atoms with Gasteiger partial charge >= 0.3 is 0 Å². The topological polar surface area (TPSA) is 20.2 Å². The van der Waals surface area contributed by atoms with Crippen LogP contribution >= 0.6 is 24.0 Å². The first kappa shape index (κ1) is 18.1. The first-order chi connectivity index (χ1) is 9.48. The third kappa shape index (κ3) is 4.49. The fourth-order valence-electron chi connectivity index (χ4n) is 2.09. The van der Waals surface area contributed by atoms with Crippen LogP contribution in [0.5, 0.6) is 5.75 Å². The second-order valence-corrected chi connectivity index (χ2v) is 8.85. The Labute approximate surface area is 138 Å². The van der Waals surface area contributed by atoms with Crippen LogP contribution in [-0.4, -0.2) is 15.1 Å². The molecule has 0 atom stereocenters. The van der Waals surface area contributed by atoms with Crippen molar-refractivity contribution in [2.45, 2.75) is 52.4 Å². The zero-order chi connectivity index (χ0) is 16.4. The van der Waals surface area contributed by atoms with Crippen molar-refractivity contribution in [3.63, 3.8) is 0 Å². The molecule has 0 saturated carbocycles. The Morgan fingerprint density at radius 3 is 1.90 bits per heavy atom. The molecule has 1 rings (SSSR count). The van der Waals surface area contributed by atoms with Crippen LogP contribution in [0.2, 0.25) is 0 Å². The highest BCUT2D eigenvalue weighted by Gasteiger charge is 2.27. The van der Waals surface area contributed by atoms with Gasteiger partial charge in [-0.05, 0) is 28.5 Å². The highest BCUT2D eigenvalue weighted by Crippen LogP contribution is 2.40. The van der Waals surface area contributed by atoms with Gasteiger partial charge in [0, 0.05) is 11.1 Å². The Morgan fingerprint density at radius 1 is 1.14 bits per heavy atom. The Balaban J connectivity index is 3.48. The predicted molar refractivity (Wildman–Crippen MR) is 98.5 cm³/mol. The minimum absolute atomic E-state index is 0.146. The fraction of sp³-hybridized carbons (Fsp3) is 0.500. The van der Waals surface area contributed by atoms with Gasteiger partial charge in [-0.25, -0.2) is 0 Å². The monoisotopic (exact) mass is 320 g/mol. The van der Waals surface area contributed by atoms with Crippen LogP contribution in [0.25, 0.3) is 0 Å². The molecular formula is C18H24OS2. The largest absolute Gasteiger partial charge is 0.507 e. The van der Waals surface area contributed by atoms with E-state index in [0.29, 0.717) is 11.5 Å². The number of benzene rings is 1. The van der Waals surface area contributed by atoms with Crippen molar-refractivity contribution in [1.29, 1.82) is 0 Å². The van der Waals surface area contributed by atoms with E-state index in [1.54, 1.807) is 0 Å². The van der Waals surface area contributed by atoms with Crippen molar-refractivity contribution in [1.82, 2.24) is 0 Å². The summed E-state index contributed by atoms with van der Waals surface area (Å²) in [7, 11) is 0. The molecule has 0 spiro atoms. The number of phenols is 1. The van der Waals surface area contributed by atoms with Gasteiger partial charge in [-0.15, -0.1) is 18.2 Å². The van der Waals surface area contributed by atoms with Crippen LogP contribution in [-0.2, 0) is 10.8 Å². The second-order valence-electron chi connectivity index (χ2n) is 7.20. The third-order valence-corrected chi connectivity index (χ3v) is 4.65. The van der Waals surface area contributed by atoms with E-state index in [4.69, 9.17) is 18.6 Å². The molecule has 1 aromatic carbocycles. The SMILES string of the molecule is C#CCSC(=S)c1cc(C(C)(C)C)c(O)c(C(C)(C)C)c1. The van der Waals surface area contributed by atoms with Gasteiger partial charge in [-0.3, -0.25) is 0 Å². The lowest BCUT2D eigenvalue weighted by Gasteiger charge is -2.28. The standard InChI is InChI=1S/C18H24OS2/c1-8-9-21-16(20)12-10-13(17(2,3)4)15(19)14(11-12)18(5,6)7/h1,10-11,19H,9H2,2-7H3. The fourth-order valence-corrected chi connectivity index (χ4v) is 2.88. The smallest absolute Gasteiger partial charge is 0.123 e. The molecule has 0 aliphatic rings. The van der Waals surface area contributed by atoms with E-state index in [0.717, 1.165) is 20.9 Å². The predicted octanol–water partition coefficient (Wildman–Crippen LogP) is 5.03. The van der Waals surface area contributed by atoms with Crippen LogP contribution in [0.4, 0.5) is 0 Å². The molecular weight excluding hydrogens is 296 g/mol. The number of rotatable bonds is 2. The molecule has 1 nitrogen and oxygen atoms in total. The molecule has 1 aromatic rings. The van der Waals surface area contributed by atoms with E-state index in [1.807, 2.05) is 12.1 Å². The van der Waals surface area contributed by atoms with Gasteiger partial charge in [0.15, 0.2) is 0 Å². The summed E-state index contributed by atoms with van der Waals surface area (Å²) in [6, 6.07) is 3.99. The molecule has 0 aliphatic carbocycles. The molecule has 0 aromatic heterocycles. The second kappa shape index (κ2) is 6.42. The van der Waals surface area contributed by atoms with Crippen LogP contribution in [0, 0.1) is 12.3 Å². The van der Waals surface area contributed by atoms with Crippen LogP contribution < -0.4 is 0 Å². The van der Waals surface area contributed by atoms with Crippen molar-refractivity contribution in [2.24, 2.45) is 0 Å². The minimum atomic E-state index is -0.146. The van der Waals surface area contributed by atoms with Crippen molar-refractivity contribution in [3.8, 4) is 18.1 Å². The maximum absolute atomic E-state index is 10.7. The molecule has 0 heterocycles. The Morgan fingerprint density at radius 2 is 1.57 bits per heavy atom. The molecule has 21 heavy (non-hydrogen) atoms. The van der Waals surface area contributed by atoms with Gasteiger partial charge in [-0.2, -0.15) is 0 Å². The van der Waals surface area contributed by atoms with E-state index in [9.17, 15) is 5.11 Å². The molecule has 0 bridgehead atoms. The van der Waals surface area contributed by atoms with Crippen molar-refractivity contribution >= 4 is 28.2 Å². The number of hydrogen-bond donors (Lipinski definition) is 1. The molecule has 0 aliphatic heterocycles. The highest BCUT2D eigenvalue weighted by molar-refractivity contribution is 8.23. The minimum Gasteiger partial charge on any atom is -0.507 e. The van der Waals surface area contributed by atoms with E-state index < -0.39 is 0 Å². The summed E-state index contributed by atoms with van der Waals surface area (Å²) in [4.78, 5) is 0. The summed E-state index contributed by atoms with van der Waals surface area (Å²) in [5.74, 6) is 3.54. The van der Waals surface area contributed by atoms with Crippen LogP contribution in [0.1, 0.15) is 58.2 Å². The number of terminal acetylenes is 1. The van der Waals surface area contributed by atoms with Gasteiger partial charge in [0.25, 0.3) is 0 Å². The first-order valence-corrected chi connectivity index (χ1v) is 8.36. The zero-order valence-electron chi connectivity index (χ0n) is 13.7. The number of phenolic OH excluding ortho intramolecular Hbond substituents is 1. The average molecular weight is 321 g/mol. The normalized spacial score (nSPS) is 12.0. The quantitative estimate of drug-likeness (QED) is 0.609. The van der Waals surface area contributed by atoms with Crippen LogP contribution in [0.3, 0.4) is 0 Å². The number of thiocarbonyl (C=S) groups is 1. The summed E-state index contributed by atoms with van der Waals surface area (Å²) in [5.41, 5.74) is 2.53. The van der Waals surface area contributed by atoms with Gasteiger partial charge in [0.1, 0.15) is 5.75 Å². The molecule has 0 unspecified atom stereocenters. The Bertz CT molecular complexity index is 546. The highest BCUT2D eigenvalue weighted by atomic mass is 32.2. The van der Waals surface area contributed by atoms with Crippen molar-refractivity contribution in [3.05, 3.63) is 28.8 Å². The number of thioether (sulfide) groups is 1. The maximum Gasteiger partial charge on any atom is 0.123 e. The van der Waals surface area contributed by atoms with E-state index >= 15 is 0 Å². The number of hydrogen-bond acceptors (Lipinski definition) is 3. The summed E-state index contributed by atoms with van der Waals surface area (Å²) >= 11 is 6.97. The molecule has 0 saturated heterocycles. The Kier molecular flexibility index (Phi) is 5.52. The van der Waals surface area contributed by atoms with Gasteiger partial charge in [-0.1, -0.05) is 59.7 Å². The van der Waals surface area contributed by atoms with Gasteiger partial charge in [0.2, 0.25) is 0 Å². The average Bonchev–Trinajstić information content (AvgIpc) is 2.33. The summed E-state index contributed by atoms with van der Waals surface area (Å²) in [6.45, 7) is 12.6. The van der Waals surface area contributed by atoms with Crippen molar-refractivity contribution < 1.29 is 5.11 Å². The molecule has 3 heteroatoms. The Hall–Kier alpha value is -0.980. The van der Waals surface area contributed by atoms with E-state index in [1.165, 1.54) is 11.8 Å². The lowest BCUT2D eigenvalue weighted by Crippen LogP contribution is -2.18. The summed E-state index contributed by atoms with van der Waals surface area (Å²) in [5, 5.41) is 10.7. The summed E-state index contributed by atoms with van der Waals surface area (Å²) < 4.78 is 0.781. The van der Waals surface area contributed by atoms with E-state index in [-0.39, 0.29) is 10.8 Å². The molecule has 0 fully saturated rings. The lowest BCUT2D eigenvalue weighted by atomic mass is 9.78. The molecule has 0 radical (unpaired) electrons. The molecule has 114 valence electrons. The van der Waals surface area contributed by atoms with Crippen LogP contribution in [0.15, 0.2) is 12.1 Å². The molecule has 1 N–H and O–H groups in total. The van der Waals surface area contributed by atoms with E-state index in [2.05, 4.69) is 47.5 Å². The third-order valence-electron chi connectivity index (χ3n) is 3.25.